The van der Waals surface area contributed by atoms with E-state index >= 15 is 0 Å². The molecule has 0 unspecified atom stereocenters. The molecule has 15 heavy (non-hydrogen) atoms. The zero-order valence-electron chi connectivity index (χ0n) is 8.50. The minimum Gasteiger partial charge on any atom is -0.252 e. The van der Waals surface area contributed by atoms with E-state index in [-0.39, 0.29) is 0 Å². The number of fused-ring (bicyclic) bond motifs is 1. The summed E-state index contributed by atoms with van der Waals surface area (Å²) in [5.41, 5.74) is 3.11. The van der Waals surface area contributed by atoms with Crippen LogP contribution in [0.5, 0.6) is 0 Å². The number of aromatic nitrogens is 1. The summed E-state index contributed by atoms with van der Waals surface area (Å²) >= 11 is 6.11. The topological polar surface area (TPSA) is 36.7 Å². The second kappa shape index (κ2) is 3.52. The molecule has 0 N–H and O–H groups in total. The highest BCUT2D eigenvalue weighted by Gasteiger charge is 2.07. The van der Waals surface area contributed by atoms with E-state index in [2.05, 4.69) is 11.1 Å². The van der Waals surface area contributed by atoms with Gasteiger partial charge in [-0.25, -0.2) is 0 Å². The maximum atomic E-state index is 9.01. The summed E-state index contributed by atoms with van der Waals surface area (Å²) in [6.45, 7) is 3.81. The van der Waals surface area contributed by atoms with Crippen molar-refractivity contribution in [2.75, 3.05) is 0 Å². The molecular formula is C12H9ClN2. The fraction of sp³-hybridized carbons (Fsp3) is 0.167. The normalized spacial score (nSPS) is 10.3. The van der Waals surface area contributed by atoms with Crippen molar-refractivity contribution in [3.63, 3.8) is 0 Å². The number of nitrogens with zero attached hydrogens (tertiary/aromatic N) is 2. The molecule has 1 aromatic heterocycles. The summed E-state index contributed by atoms with van der Waals surface area (Å²) in [5.74, 6) is 0. The summed E-state index contributed by atoms with van der Waals surface area (Å²) in [6, 6.07) is 7.73. The van der Waals surface area contributed by atoms with Crippen molar-refractivity contribution in [1.29, 1.82) is 5.26 Å². The van der Waals surface area contributed by atoms with Crippen molar-refractivity contribution in [3.8, 4) is 6.07 Å². The maximum Gasteiger partial charge on any atom is 0.101 e. The molecule has 1 heterocycles. The lowest BCUT2D eigenvalue weighted by Crippen LogP contribution is -1.90. The van der Waals surface area contributed by atoms with E-state index in [9.17, 15) is 0 Å². The Labute approximate surface area is 93.1 Å². The molecule has 1 aromatic carbocycles. The van der Waals surface area contributed by atoms with Crippen LogP contribution < -0.4 is 0 Å². The van der Waals surface area contributed by atoms with Gasteiger partial charge in [0.15, 0.2) is 0 Å². The van der Waals surface area contributed by atoms with Gasteiger partial charge in [0.05, 0.1) is 16.1 Å². The Hall–Kier alpha value is -1.59. The lowest BCUT2D eigenvalue weighted by atomic mass is 10.1. The van der Waals surface area contributed by atoms with Crippen LogP contribution in [0.3, 0.4) is 0 Å². The molecular weight excluding hydrogens is 208 g/mol. The summed E-state index contributed by atoms with van der Waals surface area (Å²) < 4.78 is 0. The summed E-state index contributed by atoms with van der Waals surface area (Å²) in [5, 5.41) is 10.5. The molecule has 0 aliphatic carbocycles. The van der Waals surface area contributed by atoms with Gasteiger partial charge < -0.3 is 0 Å². The average molecular weight is 217 g/mol. The Morgan fingerprint density at radius 2 is 2.00 bits per heavy atom. The minimum absolute atomic E-state index is 0.579. The lowest BCUT2D eigenvalue weighted by molar-refractivity contribution is 1.25. The Morgan fingerprint density at radius 1 is 1.27 bits per heavy atom. The highest BCUT2D eigenvalue weighted by atomic mass is 35.5. The van der Waals surface area contributed by atoms with E-state index in [1.54, 1.807) is 0 Å². The monoisotopic (exact) mass is 216 g/mol. The molecule has 2 aromatic rings. The quantitative estimate of drug-likeness (QED) is 0.677. The first-order valence-electron chi connectivity index (χ1n) is 4.59. The van der Waals surface area contributed by atoms with Gasteiger partial charge in [-0.3, -0.25) is 4.98 Å². The van der Waals surface area contributed by atoms with Crippen LogP contribution in [-0.4, -0.2) is 4.98 Å². The van der Waals surface area contributed by atoms with Gasteiger partial charge in [0.2, 0.25) is 0 Å². The molecule has 0 saturated heterocycles. The van der Waals surface area contributed by atoms with E-state index in [4.69, 9.17) is 16.9 Å². The number of hydrogen-bond acceptors (Lipinski definition) is 2. The van der Waals surface area contributed by atoms with Gasteiger partial charge in [-0.1, -0.05) is 11.6 Å². The Bertz CT molecular complexity index is 582. The fourth-order valence-corrected chi connectivity index (χ4v) is 1.94. The van der Waals surface area contributed by atoms with Crippen LogP contribution in [0.2, 0.25) is 5.02 Å². The molecule has 0 amide bonds. The molecule has 0 aliphatic rings. The second-order valence-corrected chi connectivity index (χ2v) is 3.97. The number of halogens is 1. The third-order valence-corrected chi connectivity index (χ3v) is 2.57. The van der Waals surface area contributed by atoms with E-state index in [1.807, 2.05) is 32.0 Å². The van der Waals surface area contributed by atoms with Crippen molar-refractivity contribution in [2.45, 2.75) is 13.8 Å². The summed E-state index contributed by atoms with van der Waals surface area (Å²) in [7, 11) is 0. The standard InChI is InChI=1S/C12H9ClN2/c1-7-3-9(6-14)12-10(4-7)11(13)5-8(2)15-12/h3-5H,1-2H3. The third-order valence-electron chi connectivity index (χ3n) is 2.26. The molecule has 0 spiro atoms. The van der Waals surface area contributed by atoms with Gasteiger partial charge in [0, 0.05) is 11.1 Å². The number of nitriles is 1. The first-order chi connectivity index (χ1) is 7.11. The first kappa shape index (κ1) is 9.95. The van der Waals surface area contributed by atoms with Crippen molar-refractivity contribution in [3.05, 3.63) is 40.0 Å². The van der Waals surface area contributed by atoms with Crippen LogP contribution >= 0.6 is 11.6 Å². The summed E-state index contributed by atoms with van der Waals surface area (Å²) in [6.07, 6.45) is 0. The van der Waals surface area contributed by atoms with Crippen LogP contribution in [0.1, 0.15) is 16.8 Å². The highest BCUT2D eigenvalue weighted by Crippen LogP contribution is 2.26. The molecule has 0 saturated carbocycles. The minimum atomic E-state index is 0.579. The molecule has 2 nitrogen and oxygen atoms in total. The zero-order chi connectivity index (χ0) is 11.0. The Kier molecular flexibility index (Phi) is 2.34. The number of rotatable bonds is 0. The number of pyridine rings is 1. The predicted octanol–water partition coefficient (Wildman–Crippen LogP) is 3.38. The Balaban J connectivity index is 2.98. The van der Waals surface area contributed by atoms with E-state index in [1.165, 1.54) is 0 Å². The van der Waals surface area contributed by atoms with Crippen LogP contribution in [-0.2, 0) is 0 Å². The molecule has 0 atom stereocenters. The van der Waals surface area contributed by atoms with Crippen molar-refractivity contribution >= 4 is 22.5 Å². The highest BCUT2D eigenvalue weighted by molar-refractivity contribution is 6.35. The van der Waals surface area contributed by atoms with Gasteiger partial charge in [0.1, 0.15) is 6.07 Å². The Morgan fingerprint density at radius 3 is 2.67 bits per heavy atom. The molecule has 0 bridgehead atoms. The van der Waals surface area contributed by atoms with E-state index < -0.39 is 0 Å². The van der Waals surface area contributed by atoms with Crippen LogP contribution in [0, 0.1) is 25.2 Å². The maximum absolute atomic E-state index is 9.01. The molecule has 74 valence electrons. The van der Waals surface area contributed by atoms with Crippen molar-refractivity contribution < 1.29 is 0 Å². The molecule has 0 fully saturated rings. The first-order valence-corrected chi connectivity index (χ1v) is 4.97. The average Bonchev–Trinajstić information content (AvgIpc) is 2.18. The van der Waals surface area contributed by atoms with Gasteiger partial charge in [-0.15, -0.1) is 0 Å². The zero-order valence-corrected chi connectivity index (χ0v) is 9.26. The molecule has 0 aliphatic heterocycles. The lowest BCUT2D eigenvalue weighted by Gasteiger charge is -2.05. The van der Waals surface area contributed by atoms with E-state index in [0.717, 1.165) is 16.6 Å². The predicted molar refractivity (Wildman–Crippen MR) is 60.9 cm³/mol. The number of hydrogen-bond donors (Lipinski definition) is 0. The molecule has 0 radical (unpaired) electrons. The SMILES string of the molecule is Cc1cc(C#N)c2nc(C)cc(Cl)c2c1. The van der Waals surface area contributed by atoms with E-state index in [0.29, 0.717) is 16.1 Å². The number of benzene rings is 1. The molecule has 3 heteroatoms. The fourth-order valence-electron chi connectivity index (χ4n) is 1.64. The van der Waals surface area contributed by atoms with Crippen LogP contribution in [0.4, 0.5) is 0 Å². The van der Waals surface area contributed by atoms with Gasteiger partial charge in [-0.05, 0) is 37.6 Å². The van der Waals surface area contributed by atoms with Gasteiger partial charge in [0.25, 0.3) is 0 Å². The largest absolute Gasteiger partial charge is 0.252 e. The molecule has 2 rings (SSSR count). The van der Waals surface area contributed by atoms with Crippen LogP contribution in [0.15, 0.2) is 18.2 Å². The summed E-state index contributed by atoms with van der Waals surface area (Å²) in [4.78, 5) is 4.34. The third kappa shape index (κ3) is 1.67. The van der Waals surface area contributed by atoms with Crippen LogP contribution in [0.25, 0.3) is 10.9 Å². The van der Waals surface area contributed by atoms with Gasteiger partial charge >= 0.3 is 0 Å². The van der Waals surface area contributed by atoms with Crippen molar-refractivity contribution in [1.82, 2.24) is 4.98 Å². The smallest absolute Gasteiger partial charge is 0.101 e. The van der Waals surface area contributed by atoms with Crippen molar-refractivity contribution in [2.24, 2.45) is 0 Å². The van der Waals surface area contributed by atoms with Gasteiger partial charge in [-0.2, -0.15) is 5.26 Å². The number of aryl methyl sites for hydroxylation is 2. The second-order valence-electron chi connectivity index (χ2n) is 3.57.